The second-order valence-electron chi connectivity index (χ2n) is 5.06. The zero-order valence-electron chi connectivity index (χ0n) is 10.5. The van der Waals surface area contributed by atoms with Crippen LogP contribution in [0, 0.1) is 0 Å². The first kappa shape index (κ1) is 12.2. The number of rotatable bonds is 5. The molecule has 1 saturated carbocycles. The van der Waals surface area contributed by atoms with Crippen LogP contribution in [0.5, 0.6) is 0 Å². The lowest BCUT2D eigenvalue weighted by molar-refractivity contribution is 0.0808. The Balaban J connectivity index is 1.97. The summed E-state index contributed by atoms with van der Waals surface area (Å²) in [5, 5.41) is 3.24. The quantitative estimate of drug-likeness (QED) is 0.825. The molecule has 1 N–H and O–H groups in total. The number of nitrogens with one attached hydrogen (secondary N) is 1. The molecule has 1 amide bonds. The summed E-state index contributed by atoms with van der Waals surface area (Å²) >= 11 is 0. The average molecular weight is 231 g/mol. The summed E-state index contributed by atoms with van der Waals surface area (Å²) < 4.78 is 0. The minimum Gasteiger partial charge on any atom is -0.347 e. The van der Waals surface area contributed by atoms with Crippen LogP contribution in [0.3, 0.4) is 0 Å². The maximum absolute atomic E-state index is 12.1. The number of hydrogen-bond acceptors (Lipinski definition) is 1. The molecule has 1 fully saturated rings. The smallest absolute Gasteiger partial charge is 0.251 e. The first-order valence-corrected chi connectivity index (χ1v) is 6.63. The van der Waals surface area contributed by atoms with Crippen LogP contribution in [-0.2, 0) is 0 Å². The van der Waals surface area contributed by atoms with E-state index in [9.17, 15) is 4.79 Å². The van der Waals surface area contributed by atoms with Gasteiger partial charge in [0.05, 0.1) is 0 Å². The standard InChI is InChI=1S/C15H21NO/c1-2-3-10-15(11-7-12-15)16-14(17)13-8-5-4-6-9-13/h4-6,8-9H,2-3,7,10-12H2,1H3,(H,16,17). The van der Waals surface area contributed by atoms with Crippen molar-refractivity contribution in [3.05, 3.63) is 35.9 Å². The van der Waals surface area contributed by atoms with Crippen molar-refractivity contribution in [3.8, 4) is 0 Å². The molecule has 17 heavy (non-hydrogen) atoms. The largest absolute Gasteiger partial charge is 0.347 e. The summed E-state index contributed by atoms with van der Waals surface area (Å²) in [7, 11) is 0. The van der Waals surface area contributed by atoms with E-state index in [1.807, 2.05) is 30.3 Å². The van der Waals surface area contributed by atoms with E-state index in [2.05, 4.69) is 12.2 Å². The molecule has 1 aromatic rings. The minimum atomic E-state index is 0.0846. The highest BCUT2D eigenvalue weighted by Crippen LogP contribution is 2.36. The van der Waals surface area contributed by atoms with Crippen molar-refractivity contribution in [2.45, 2.75) is 51.0 Å². The van der Waals surface area contributed by atoms with Gasteiger partial charge in [-0.2, -0.15) is 0 Å². The van der Waals surface area contributed by atoms with E-state index in [1.165, 1.54) is 19.3 Å². The van der Waals surface area contributed by atoms with Crippen LogP contribution in [0.4, 0.5) is 0 Å². The molecule has 0 bridgehead atoms. The third kappa shape index (κ3) is 2.87. The number of hydrogen-bond donors (Lipinski definition) is 1. The maximum Gasteiger partial charge on any atom is 0.251 e. The van der Waals surface area contributed by atoms with Crippen molar-refractivity contribution in [1.82, 2.24) is 5.32 Å². The molecule has 1 aromatic carbocycles. The van der Waals surface area contributed by atoms with Gasteiger partial charge in [-0.25, -0.2) is 0 Å². The third-order valence-corrected chi connectivity index (χ3v) is 3.73. The van der Waals surface area contributed by atoms with Crippen molar-refractivity contribution in [3.63, 3.8) is 0 Å². The van der Waals surface area contributed by atoms with Crippen LogP contribution in [0.25, 0.3) is 0 Å². The molecular weight excluding hydrogens is 210 g/mol. The topological polar surface area (TPSA) is 29.1 Å². The molecule has 0 radical (unpaired) electrons. The fourth-order valence-corrected chi connectivity index (χ4v) is 2.46. The predicted octanol–water partition coefficient (Wildman–Crippen LogP) is 3.53. The van der Waals surface area contributed by atoms with Gasteiger partial charge in [0.1, 0.15) is 0 Å². The molecule has 1 aliphatic rings. The summed E-state index contributed by atoms with van der Waals surface area (Å²) in [6.45, 7) is 2.20. The molecule has 0 saturated heterocycles. The average Bonchev–Trinajstić information content (AvgIpc) is 2.33. The Bertz CT molecular complexity index is 368. The molecule has 2 heteroatoms. The zero-order valence-corrected chi connectivity index (χ0v) is 10.5. The zero-order chi connectivity index (χ0) is 12.1. The number of amides is 1. The fraction of sp³-hybridized carbons (Fsp3) is 0.533. The Morgan fingerprint density at radius 2 is 2.00 bits per heavy atom. The highest BCUT2D eigenvalue weighted by Gasteiger charge is 2.37. The fourth-order valence-electron chi connectivity index (χ4n) is 2.46. The van der Waals surface area contributed by atoms with Crippen molar-refractivity contribution in [2.24, 2.45) is 0 Å². The molecule has 0 heterocycles. The lowest BCUT2D eigenvalue weighted by atomic mass is 9.73. The predicted molar refractivity (Wildman–Crippen MR) is 70.0 cm³/mol. The SMILES string of the molecule is CCCCC1(NC(=O)c2ccccc2)CCC1. The summed E-state index contributed by atoms with van der Waals surface area (Å²) in [6, 6.07) is 9.51. The summed E-state index contributed by atoms with van der Waals surface area (Å²) in [5.41, 5.74) is 0.874. The van der Waals surface area contributed by atoms with Gasteiger partial charge in [0.15, 0.2) is 0 Å². The molecule has 2 nitrogen and oxygen atoms in total. The monoisotopic (exact) mass is 231 g/mol. The third-order valence-electron chi connectivity index (χ3n) is 3.73. The van der Waals surface area contributed by atoms with Gasteiger partial charge in [-0.15, -0.1) is 0 Å². The Morgan fingerprint density at radius 3 is 2.53 bits per heavy atom. The molecule has 0 spiro atoms. The van der Waals surface area contributed by atoms with Gasteiger partial charge >= 0.3 is 0 Å². The van der Waals surface area contributed by atoms with Gasteiger partial charge in [-0.3, -0.25) is 4.79 Å². The Morgan fingerprint density at radius 1 is 1.29 bits per heavy atom. The van der Waals surface area contributed by atoms with E-state index in [0.717, 1.165) is 24.8 Å². The molecular formula is C15H21NO. The molecule has 0 unspecified atom stereocenters. The summed E-state index contributed by atoms with van der Waals surface area (Å²) in [6.07, 6.45) is 7.07. The Hall–Kier alpha value is -1.31. The van der Waals surface area contributed by atoms with Crippen LogP contribution < -0.4 is 5.32 Å². The second kappa shape index (κ2) is 5.35. The van der Waals surface area contributed by atoms with Crippen LogP contribution in [-0.4, -0.2) is 11.4 Å². The lowest BCUT2D eigenvalue weighted by Crippen LogP contribution is -2.53. The summed E-state index contributed by atoms with van der Waals surface area (Å²) in [4.78, 5) is 12.1. The van der Waals surface area contributed by atoms with E-state index in [-0.39, 0.29) is 11.4 Å². The van der Waals surface area contributed by atoms with Gasteiger partial charge in [-0.05, 0) is 37.8 Å². The van der Waals surface area contributed by atoms with E-state index in [1.54, 1.807) is 0 Å². The number of unbranched alkanes of at least 4 members (excludes halogenated alkanes) is 1. The van der Waals surface area contributed by atoms with Crippen molar-refractivity contribution in [2.75, 3.05) is 0 Å². The summed E-state index contributed by atoms with van der Waals surface area (Å²) in [5.74, 6) is 0.0846. The van der Waals surface area contributed by atoms with E-state index in [0.29, 0.717) is 0 Å². The number of carbonyl (C=O) groups is 1. The molecule has 1 aliphatic carbocycles. The number of benzene rings is 1. The molecule has 2 rings (SSSR count). The normalized spacial score (nSPS) is 17.2. The van der Waals surface area contributed by atoms with Gasteiger partial charge < -0.3 is 5.32 Å². The van der Waals surface area contributed by atoms with Gasteiger partial charge in [-0.1, -0.05) is 38.0 Å². The Labute approximate surface area is 103 Å². The Kier molecular flexibility index (Phi) is 3.82. The molecule has 92 valence electrons. The lowest BCUT2D eigenvalue weighted by Gasteiger charge is -2.43. The van der Waals surface area contributed by atoms with Crippen molar-refractivity contribution < 1.29 is 4.79 Å². The van der Waals surface area contributed by atoms with E-state index < -0.39 is 0 Å². The minimum absolute atomic E-state index is 0.0846. The van der Waals surface area contributed by atoms with Crippen LogP contribution in [0.15, 0.2) is 30.3 Å². The van der Waals surface area contributed by atoms with E-state index >= 15 is 0 Å². The van der Waals surface area contributed by atoms with Crippen LogP contribution in [0.2, 0.25) is 0 Å². The molecule has 0 aliphatic heterocycles. The highest BCUT2D eigenvalue weighted by molar-refractivity contribution is 5.94. The van der Waals surface area contributed by atoms with Crippen molar-refractivity contribution >= 4 is 5.91 Å². The van der Waals surface area contributed by atoms with E-state index in [4.69, 9.17) is 0 Å². The second-order valence-corrected chi connectivity index (χ2v) is 5.06. The van der Waals surface area contributed by atoms with Crippen molar-refractivity contribution in [1.29, 1.82) is 0 Å². The van der Waals surface area contributed by atoms with Gasteiger partial charge in [0.2, 0.25) is 0 Å². The van der Waals surface area contributed by atoms with Crippen LogP contribution >= 0.6 is 0 Å². The highest BCUT2D eigenvalue weighted by atomic mass is 16.1. The first-order chi connectivity index (χ1) is 8.26. The van der Waals surface area contributed by atoms with Gasteiger partial charge in [0, 0.05) is 11.1 Å². The number of carbonyl (C=O) groups excluding carboxylic acids is 1. The first-order valence-electron chi connectivity index (χ1n) is 6.63. The molecule has 0 atom stereocenters. The van der Waals surface area contributed by atoms with Crippen LogP contribution in [0.1, 0.15) is 55.8 Å². The molecule has 0 aromatic heterocycles. The maximum atomic E-state index is 12.1. The van der Waals surface area contributed by atoms with Gasteiger partial charge in [0.25, 0.3) is 5.91 Å².